The summed E-state index contributed by atoms with van der Waals surface area (Å²) in [5.74, 6) is -0.281. The zero-order valence-corrected chi connectivity index (χ0v) is 15.7. The van der Waals surface area contributed by atoms with Crippen LogP contribution in [0.2, 0.25) is 0 Å². The van der Waals surface area contributed by atoms with Crippen LogP contribution in [-0.2, 0) is 10.0 Å². The molecule has 0 atom stereocenters. The van der Waals surface area contributed by atoms with E-state index in [0.717, 1.165) is 10.9 Å². The highest BCUT2D eigenvalue weighted by atomic mass is 32.2. The molecule has 0 fully saturated rings. The monoisotopic (exact) mass is 371 g/mol. The molecule has 6 nitrogen and oxygen atoms in total. The highest BCUT2D eigenvalue weighted by molar-refractivity contribution is 7.89. The highest BCUT2D eigenvalue weighted by Gasteiger charge is 2.22. The minimum absolute atomic E-state index is 0.138. The summed E-state index contributed by atoms with van der Waals surface area (Å²) >= 11 is 0. The second-order valence-corrected chi connectivity index (χ2v) is 8.36. The topological polar surface area (TPSA) is 82.3 Å². The quantitative estimate of drug-likeness (QED) is 0.721. The maximum atomic E-state index is 12.5. The summed E-state index contributed by atoms with van der Waals surface area (Å²) in [5, 5.41) is 3.73. The molecule has 0 aliphatic rings. The number of hydrogen-bond acceptors (Lipinski definition) is 3. The molecule has 0 aliphatic carbocycles. The molecule has 0 radical (unpaired) electrons. The SMILES string of the molecule is CC(C)N(C)S(=O)(=O)c1ccc(NC(=O)c2cc3ccccc3[nH]2)cc1. The van der Waals surface area contributed by atoms with Crippen molar-refractivity contribution in [2.75, 3.05) is 12.4 Å². The third kappa shape index (κ3) is 3.49. The Morgan fingerprint density at radius 3 is 2.35 bits per heavy atom. The number of rotatable bonds is 5. The molecule has 2 aromatic carbocycles. The number of carbonyl (C=O) groups is 1. The van der Waals surface area contributed by atoms with Crippen molar-refractivity contribution >= 4 is 32.5 Å². The molecular formula is C19H21N3O3S. The van der Waals surface area contributed by atoms with Crippen molar-refractivity contribution in [3.05, 3.63) is 60.3 Å². The zero-order chi connectivity index (χ0) is 18.9. The Bertz CT molecular complexity index is 1000. The Morgan fingerprint density at radius 1 is 1.08 bits per heavy atom. The zero-order valence-electron chi connectivity index (χ0n) is 14.9. The van der Waals surface area contributed by atoms with Crippen molar-refractivity contribution in [1.82, 2.24) is 9.29 Å². The van der Waals surface area contributed by atoms with Crippen LogP contribution in [0.3, 0.4) is 0 Å². The van der Waals surface area contributed by atoms with E-state index in [0.29, 0.717) is 11.4 Å². The number of H-pyrrole nitrogens is 1. The number of carbonyl (C=O) groups excluding carboxylic acids is 1. The van der Waals surface area contributed by atoms with Crippen molar-refractivity contribution in [3.8, 4) is 0 Å². The molecule has 2 N–H and O–H groups in total. The number of hydrogen-bond donors (Lipinski definition) is 2. The van der Waals surface area contributed by atoms with E-state index in [2.05, 4.69) is 10.3 Å². The fourth-order valence-electron chi connectivity index (χ4n) is 2.55. The number of benzene rings is 2. The van der Waals surface area contributed by atoms with Gasteiger partial charge in [-0.05, 0) is 50.2 Å². The van der Waals surface area contributed by atoms with Gasteiger partial charge in [-0.1, -0.05) is 18.2 Å². The lowest BCUT2D eigenvalue weighted by Gasteiger charge is -2.21. The standard InChI is InChI=1S/C19H21N3O3S/c1-13(2)22(3)26(24,25)16-10-8-15(9-11-16)20-19(23)18-12-14-6-4-5-7-17(14)21-18/h4-13,21H,1-3H3,(H,20,23). The first-order chi connectivity index (χ1) is 12.3. The summed E-state index contributed by atoms with van der Waals surface area (Å²) < 4.78 is 26.2. The van der Waals surface area contributed by atoms with Crippen LogP contribution in [0.1, 0.15) is 24.3 Å². The highest BCUT2D eigenvalue weighted by Crippen LogP contribution is 2.20. The van der Waals surface area contributed by atoms with Crippen molar-refractivity contribution in [2.45, 2.75) is 24.8 Å². The van der Waals surface area contributed by atoms with E-state index in [9.17, 15) is 13.2 Å². The van der Waals surface area contributed by atoms with Gasteiger partial charge in [0.15, 0.2) is 0 Å². The molecule has 0 bridgehead atoms. The fraction of sp³-hybridized carbons (Fsp3) is 0.211. The van der Waals surface area contributed by atoms with Gasteiger partial charge in [0.1, 0.15) is 5.69 Å². The van der Waals surface area contributed by atoms with E-state index in [1.165, 1.54) is 16.4 Å². The fourth-order valence-corrected chi connectivity index (χ4v) is 3.92. The summed E-state index contributed by atoms with van der Waals surface area (Å²) in [5.41, 5.74) is 1.86. The van der Waals surface area contributed by atoms with Crippen LogP contribution in [0, 0.1) is 0 Å². The van der Waals surface area contributed by atoms with Gasteiger partial charge in [0.2, 0.25) is 10.0 Å². The number of nitrogens with one attached hydrogen (secondary N) is 2. The second kappa shape index (κ2) is 6.93. The lowest BCUT2D eigenvalue weighted by Crippen LogP contribution is -2.33. The average Bonchev–Trinajstić information content (AvgIpc) is 3.05. The second-order valence-electron chi connectivity index (χ2n) is 6.36. The van der Waals surface area contributed by atoms with Gasteiger partial charge >= 0.3 is 0 Å². The van der Waals surface area contributed by atoms with Gasteiger partial charge in [-0.2, -0.15) is 4.31 Å². The molecule has 1 amide bonds. The van der Waals surface area contributed by atoms with E-state index in [1.54, 1.807) is 25.2 Å². The van der Waals surface area contributed by atoms with E-state index >= 15 is 0 Å². The Hall–Kier alpha value is -2.64. The van der Waals surface area contributed by atoms with Crippen LogP contribution in [0.25, 0.3) is 10.9 Å². The van der Waals surface area contributed by atoms with Gasteiger partial charge in [-0.15, -0.1) is 0 Å². The largest absolute Gasteiger partial charge is 0.351 e. The maximum Gasteiger partial charge on any atom is 0.272 e. The molecule has 3 rings (SSSR count). The van der Waals surface area contributed by atoms with Crippen LogP contribution in [0.5, 0.6) is 0 Å². The molecule has 1 aromatic heterocycles. The lowest BCUT2D eigenvalue weighted by atomic mass is 10.2. The predicted octanol–water partition coefficient (Wildman–Crippen LogP) is 3.45. The smallest absolute Gasteiger partial charge is 0.272 e. The van der Waals surface area contributed by atoms with E-state index in [1.807, 2.05) is 38.1 Å². The Morgan fingerprint density at radius 2 is 1.73 bits per heavy atom. The Kier molecular flexibility index (Phi) is 4.84. The minimum atomic E-state index is -3.54. The van der Waals surface area contributed by atoms with Gasteiger partial charge in [0.05, 0.1) is 4.90 Å². The molecule has 0 aliphatic heterocycles. The number of aromatic amines is 1. The number of nitrogens with zero attached hydrogens (tertiary/aromatic N) is 1. The first-order valence-corrected chi connectivity index (χ1v) is 9.70. The third-order valence-corrected chi connectivity index (χ3v) is 6.34. The summed E-state index contributed by atoms with van der Waals surface area (Å²) in [6, 6.07) is 15.4. The van der Waals surface area contributed by atoms with E-state index < -0.39 is 10.0 Å². The first-order valence-electron chi connectivity index (χ1n) is 8.26. The number of amides is 1. The molecule has 136 valence electrons. The lowest BCUT2D eigenvalue weighted by molar-refractivity contribution is 0.102. The summed E-state index contributed by atoms with van der Waals surface area (Å²) in [6.45, 7) is 3.62. The molecule has 26 heavy (non-hydrogen) atoms. The summed E-state index contributed by atoms with van der Waals surface area (Å²) in [4.78, 5) is 15.7. The predicted molar refractivity (Wildman–Crippen MR) is 103 cm³/mol. The van der Waals surface area contributed by atoms with Crippen molar-refractivity contribution < 1.29 is 13.2 Å². The van der Waals surface area contributed by atoms with E-state index in [-0.39, 0.29) is 16.8 Å². The number of para-hydroxylation sites is 1. The number of fused-ring (bicyclic) bond motifs is 1. The van der Waals surface area contributed by atoms with E-state index in [4.69, 9.17) is 0 Å². The number of aromatic nitrogens is 1. The Labute approximate surface area is 152 Å². The first kappa shape index (κ1) is 18.2. The third-order valence-electron chi connectivity index (χ3n) is 4.29. The number of sulfonamides is 1. The Balaban J connectivity index is 1.78. The van der Waals surface area contributed by atoms with Gasteiger partial charge in [-0.3, -0.25) is 4.79 Å². The van der Waals surface area contributed by atoms with Crippen molar-refractivity contribution in [2.24, 2.45) is 0 Å². The molecule has 7 heteroatoms. The molecular weight excluding hydrogens is 350 g/mol. The molecule has 1 heterocycles. The van der Waals surface area contributed by atoms with Crippen LogP contribution < -0.4 is 5.32 Å². The van der Waals surface area contributed by atoms with Crippen LogP contribution in [-0.4, -0.2) is 36.7 Å². The number of anilines is 1. The average molecular weight is 371 g/mol. The molecule has 0 unspecified atom stereocenters. The van der Waals surface area contributed by atoms with Gasteiger partial charge < -0.3 is 10.3 Å². The minimum Gasteiger partial charge on any atom is -0.351 e. The van der Waals surface area contributed by atoms with Crippen LogP contribution in [0.15, 0.2) is 59.5 Å². The van der Waals surface area contributed by atoms with Crippen molar-refractivity contribution in [1.29, 1.82) is 0 Å². The van der Waals surface area contributed by atoms with Gasteiger partial charge in [0, 0.05) is 29.7 Å². The molecule has 0 saturated carbocycles. The van der Waals surface area contributed by atoms with Gasteiger partial charge in [0.25, 0.3) is 5.91 Å². The van der Waals surface area contributed by atoms with Crippen LogP contribution in [0.4, 0.5) is 5.69 Å². The van der Waals surface area contributed by atoms with Gasteiger partial charge in [-0.25, -0.2) is 8.42 Å². The molecule has 0 saturated heterocycles. The summed E-state index contributed by atoms with van der Waals surface area (Å²) in [6.07, 6.45) is 0. The molecule has 0 spiro atoms. The maximum absolute atomic E-state index is 12.5. The van der Waals surface area contributed by atoms with Crippen molar-refractivity contribution in [3.63, 3.8) is 0 Å². The normalized spacial score (nSPS) is 12.0. The molecule has 3 aromatic rings. The summed E-state index contributed by atoms with van der Waals surface area (Å²) in [7, 11) is -1.99. The van der Waals surface area contributed by atoms with Crippen LogP contribution >= 0.6 is 0 Å².